The van der Waals surface area contributed by atoms with Crippen molar-refractivity contribution >= 4 is 5.90 Å². The van der Waals surface area contributed by atoms with Crippen LogP contribution in [0, 0.1) is 56.2 Å². The van der Waals surface area contributed by atoms with Gasteiger partial charge >= 0.3 is 6.36 Å². The summed E-state index contributed by atoms with van der Waals surface area (Å²) in [5.41, 5.74) is -3.75. The number of nitrogens with one attached hydrogen (secondary N) is 1. The van der Waals surface area contributed by atoms with Gasteiger partial charge in [0.2, 0.25) is 17.1 Å². The van der Waals surface area contributed by atoms with Crippen LogP contribution in [0.15, 0.2) is 24.3 Å². The van der Waals surface area contributed by atoms with E-state index in [1.54, 1.807) is 0 Å². The summed E-state index contributed by atoms with van der Waals surface area (Å²) in [4.78, 5) is 0. The topological polar surface area (TPSA) is 123 Å². The Labute approximate surface area is 169 Å². The fraction of sp³-hybridized carbons (Fsp3) is 0.500. The fourth-order valence-corrected chi connectivity index (χ4v) is 5.01. The van der Waals surface area contributed by atoms with Crippen molar-refractivity contribution in [3.63, 3.8) is 0 Å². The van der Waals surface area contributed by atoms with E-state index in [9.17, 15) is 29.0 Å². The maximum atomic E-state index is 12.5. The molecule has 3 fully saturated rings. The van der Waals surface area contributed by atoms with Gasteiger partial charge in [0.15, 0.2) is 5.41 Å². The van der Waals surface area contributed by atoms with E-state index >= 15 is 0 Å². The van der Waals surface area contributed by atoms with Gasteiger partial charge in [-0.3, -0.25) is 5.41 Å². The molecular weight excluding hydrogens is 401 g/mol. The first kappa shape index (κ1) is 20.0. The molecule has 0 spiro atoms. The molecule has 1 aromatic carbocycles. The Morgan fingerprint density at radius 3 is 2.30 bits per heavy atom. The second-order valence-electron chi connectivity index (χ2n) is 7.61. The summed E-state index contributed by atoms with van der Waals surface area (Å²) >= 11 is 0. The Balaban J connectivity index is 1.85. The van der Waals surface area contributed by atoms with Crippen molar-refractivity contribution in [3.05, 3.63) is 29.8 Å². The van der Waals surface area contributed by atoms with Crippen molar-refractivity contribution in [2.75, 3.05) is 0 Å². The van der Waals surface area contributed by atoms with E-state index in [1.807, 2.05) is 18.2 Å². The van der Waals surface area contributed by atoms with Crippen LogP contribution in [0.2, 0.25) is 0 Å². The lowest BCUT2D eigenvalue weighted by Gasteiger charge is -2.51. The summed E-state index contributed by atoms with van der Waals surface area (Å²) < 4.78 is 53.1. The molecule has 1 N–H and O–H groups in total. The Hall–Kier alpha value is -3.29. The standard InChI is InChI=1S/C20H15F3N4O3/c21-20(22,23)28-13-6-4-12(5-7-13)15-17(9-24,10-25)18(11-26)14-3-1-2-8-19(14,29-15)30-16(18)27/h4-7,14-15,27H,1-3,8H2. The zero-order chi connectivity index (χ0) is 21.8. The van der Waals surface area contributed by atoms with Crippen molar-refractivity contribution in [2.45, 2.75) is 43.9 Å². The molecule has 1 aromatic rings. The average Bonchev–Trinajstić information content (AvgIpc) is 2.92. The first-order valence-electron chi connectivity index (χ1n) is 9.23. The molecule has 154 valence electrons. The monoisotopic (exact) mass is 416 g/mol. The molecule has 2 bridgehead atoms. The highest BCUT2D eigenvalue weighted by atomic mass is 19.4. The highest BCUT2D eigenvalue weighted by Gasteiger charge is 2.80. The van der Waals surface area contributed by atoms with Gasteiger partial charge in [-0.2, -0.15) is 15.8 Å². The first-order valence-corrected chi connectivity index (χ1v) is 9.23. The SMILES string of the molecule is N#CC1(C#N)C(c2ccc(OC(F)(F)F)cc2)OC23CCCCC2C1(C#N)C(=N)O3. The van der Waals surface area contributed by atoms with Gasteiger partial charge in [0.05, 0.1) is 24.1 Å². The highest BCUT2D eigenvalue weighted by Crippen LogP contribution is 2.69. The summed E-state index contributed by atoms with van der Waals surface area (Å²) in [5.74, 6) is -2.94. The molecule has 2 heterocycles. The number of halogens is 3. The van der Waals surface area contributed by atoms with Gasteiger partial charge < -0.3 is 14.2 Å². The lowest BCUT2D eigenvalue weighted by Crippen LogP contribution is -2.60. The second-order valence-corrected chi connectivity index (χ2v) is 7.61. The second kappa shape index (κ2) is 6.35. The number of nitriles is 3. The maximum Gasteiger partial charge on any atom is 0.573 e. The van der Waals surface area contributed by atoms with Crippen molar-refractivity contribution in [2.24, 2.45) is 16.7 Å². The largest absolute Gasteiger partial charge is 0.573 e. The van der Waals surface area contributed by atoms with Crippen LogP contribution in [0.4, 0.5) is 13.2 Å². The van der Waals surface area contributed by atoms with Crippen LogP contribution in [0.5, 0.6) is 5.75 Å². The molecule has 1 saturated carbocycles. The number of nitrogens with zero attached hydrogens (tertiary/aromatic N) is 3. The van der Waals surface area contributed by atoms with E-state index in [4.69, 9.17) is 14.9 Å². The van der Waals surface area contributed by atoms with Crippen LogP contribution in [-0.4, -0.2) is 18.0 Å². The Bertz CT molecular complexity index is 1010. The van der Waals surface area contributed by atoms with E-state index in [0.29, 0.717) is 19.3 Å². The van der Waals surface area contributed by atoms with Crippen LogP contribution in [0.1, 0.15) is 37.4 Å². The molecule has 0 amide bonds. The van der Waals surface area contributed by atoms with Gasteiger partial charge in [-0.25, -0.2) is 0 Å². The molecule has 7 nitrogen and oxygen atoms in total. The molecule has 30 heavy (non-hydrogen) atoms. The Morgan fingerprint density at radius 1 is 1.07 bits per heavy atom. The van der Waals surface area contributed by atoms with E-state index in [1.165, 1.54) is 12.1 Å². The molecule has 1 aliphatic carbocycles. The molecule has 3 aliphatic rings. The van der Waals surface area contributed by atoms with Crippen LogP contribution in [-0.2, 0) is 9.47 Å². The molecule has 2 aliphatic heterocycles. The van der Waals surface area contributed by atoms with Crippen molar-refractivity contribution in [3.8, 4) is 24.0 Å². The lowest BCUT2D eigenvalue weighted by atomic mass is 9.51. The van der Waals surface area contributed by atoms with Gasteiger partial charge in [-0.05, 0) is 30.5 Å². The van der Waals surface area contributed by atoms with E-state index < -0.39 is 46.6 Å². The summed E-state index contributed by atoms with van der Waals surface area (Å²) in [5, 5.41) is 38.7. The summed E-state index contributed by atoms with van der Waals surface area (Å²) in [7, 11) is 0. The Kier molecular flexibility index (Phi) is 4.24. The number of hydrogen-bond acceptors (Lipinski definition) is 7. The van der Waals surface area contributed by atoms with E-state index in [2.05, 4.69) is 4.74 Å². The number of ether oxygens (including phenoxy) is 3. The van der Waals surface area contributed by atoms with Crippen LogP contribution in [0.25, 0.3) is 0 Å². The molecule has 4 unspecified atom stereocenters. The average molecular weight is 416 g/mol. The molecule has 0 radical (unpaired) electrons. The lowest BCUT2D eigenvalue weighted by molar-refractivity contribution is -0.294. The van der Waals surface area contributed by atoms with E-state index in [0.717, 1.165) is 18.6 Å². The molecular formula is C20H15F3N4O3. The van der Waals surface area contributed by atoms with E-state index in [-0.39, 0.29) is 5.56 Å². The minimum atomic E-state index is -4.87. The number of benzene rings is 1. The zero-order valence-electron chi connectivity index (χ0n) is 15.5. The van der Waals surface area contributed by atoms with Crippen molar-refractivity contribution in [1.82, 2.24) is 0 Å². The predicted octanol–water partition coefficient (Wildman–Crippen LogP) is 4.09. The molecule has 2 saturated heterocycles. The molecule has 4 rings (SSSR count). The van der Waals surface area contributed by atoms with Gasteiger partial charge in [-0.1, -0.05) is 18.6 Å². The number of hydrogen-bond donors (Lipinski definition) is 1. The quantitative estimate of drug-likeness (QED) is 0.774. The van der Waals surface area contributed by atoms with Gasteiger partial charge in [0, 0.05) is 6.42 Å². The first-order chi connectivity index (χ1) is 14.2. The third-order valence-corrected chi connectivity index (χ3v) is 6.23. The molecule has 0 aromatic heterocycles. The van der Waals surface area contributed by atoms with Crippen molar-refractivity contribution < 1.29 is 27.4 Å². The number of rotatable bonds is 2. The summed E-state index contributed by atoms with van der Waals surface area (Å²) in [6, 6.07) is 10.5. The van der Waals surface area contributed by atoms with Crippen LogP contribution < -0.4 is 4.74 Å². The predicted molar refractivity (Wildman–Crippen MR) is 92.2 cm³/mol. The summed E-state index contributed by atoms with van der Waals surface area (Å²) in [6.07, 6.45) is -3.90. The Morgan fingerprint density at radius 2 is 1.73 bits per heavy atom. The normalized spacial score (nSPS) is 33.9. The maximum absolute atomic E-state index is 12.5. The third-order valence-electron chi connectivity index (χ3n) is 6.23. The summed E-state index contributed by atoms with van der Waals surface area (Å²) in [6.45, 7) is 0. The van der Waals surface area contributed by atoms with Gasteiger partial charge in [-0.15, -0.1) is 13.2 Å². The van der Waals surface area contributed by atoms with Crippen LogP contribution >= 0.6 is 0 Å². The van der Waals surface area contributed by atoms with Crippen molar-refractivity contribution in [1.29, 1.82) is 21.2 Å². The van der Waals surface area contributed by atoms with Crippen LogP contribution in [0.3, 0.4) is 0 Å². The minimum Gasteiger partial charge on any atom is -0.447 e. The fourth-order valence-electron chi connectivity index (χ4n) is 5.01. The zero-order valence-corrected chi connectivity index (χ0v) is 15.5. The molecule has 10 heteroatoms. The van der Waals surface area contributed by atoms with Gasteiger partial charge in [0.25, 0.3) is 0 Å². The number of alkyl halides is 3. The smallest absolute Gasteiger partial charge is 0.447 e. The van der Waals surface area contributed by atoms with Gasteiger partial charge in [0.1, 0.15) is 11.9 Å². The third kappa shape index (κ3) is 2.42. The minimum absolute atomic E-state index is 0.217. The molecule has 4 atom stereocenters. The highest BCUT2D eigenvalue weighted by molar-refractivity contribution is 5.89.